The van der Waals surface area contributed by atoms with E-state index >= 15 is 0 Å². The molecule has 2 atom stereocenters. The van der Waals surface area contributed by atoms with Crippen LogP contribution in [0.15, 0.2) is 35.5 Å². The van der Waals surface area contributed by atoms with Gasteiger partial charge in [0.05, 0.1) is 0 Å². The Morgan fingerprint density at radius 2 is 1.18 bits per heavy atom. The molecule has 22 heavy (non-hydrogen) atoms. The van der Waals surface area contributed by atoms with E-state index in [0.29, 0.717) is 11.8 Å². The Morgan fingerprint density at radius 1 is 0.909 bits per heavy atom. The smallest absolute Gasteiger partial charge is 1.00 e. The molecule has 0 fully saturated rings. The maximum atomic E-state index is 3.31. The first-order valence-corrected chi connectivity index (χ1v) is 12.3. The van der Waals surface area contributed by atoms with Crippen molar-refractivity contribution in [3.63, 3.8) is 0 Å². The molecule has 0 heterocycles. The molecule has 0 bridgehead atoms. The molecular formula is C18H28Cl2SiTi-2. The third kappa shape index (κ3) is 15.4. The second-order valence-electron chi connectivity index (χ2n) is 5.40. The summed E-state index contributed by atoms with van der Waals surface area (Å²) in [6.07, 6.45) is 17.8. The van der Waals surface area contributed by atoms with Gasteiger partial charge in [-0.3, -0.25) is 12.2 Å². The van der Waals surface area contributed by atoms with Gasteiger partial charge in [-0.25, -0.2) is 23.3 Å². The third-order valence-electron chi connectivity index (χ3n) is 2.86. The number of hydrogen-bond acceptors (Lipinski definition) is 0. The molecule has 0 aliphatic heterocycles. The fraction of sp³-hybridized carbons (Fsp3) is 0.556. The van der Waals surface area contributed by atoms with E-state index in [0.717, 1.165) is 0 Å². The van der Waals surface area contributed by atoms with Gasteiger partial charge in [-0.05, 0) is 0 Å². The minimum Gasteiger partial charge on any atom is -1.00 e. The van der Waals surface area contributed by atoms with Gasteiger partial charge in [0.15, 0.2) is 0 Å². The van der Waals surface area contributed by atoms with Crippen molar-refractivity contribution in [1.82, 2.24) is 0 Å². The molecule has 0 aromatic carbocycles. The summed E-state index contributed by atoms with van der Waals surface area (Å²) in [4.78, 5) is 0. The molecule has 0 amide bonds. The summed E-state index contributed by atoms with van der Waals surface area (Å²) in [7, 11) is 0. The van der Waals surface area contributed by atoms with Crippen molar-refractivity contribution in [1.29, 1.82) is 0 Å². The van der Waals surface area contributed by atoms with E-state index in [2.05, 4.69) is 96.4 Å². The fourth-order valence-electron chi connectivity index (χ4n) is 1.77. The van der Waals surface area contributed by atoms with Crippen LogP contribution in [-0.4, -0.2) is 6.19 Å². The standard InChI is InChI=1S/2C8H11.C2H6Si.2ClH.Ti/c2*1-3-8-5-4-7(2)6-8;1-3-2;;;/h2*4-5,8H,3H2,1-2H3;1-2H3;2*1H;/q2*-1;;;;+2/p-2. The van der Waals surface area contributed by atoms with Crippen molar-refractivity contribution < 1.29 is 44.0 Å². The Hall–Kier alpha value is 0.471. The van der Waals surface area contributed by atoms with Crippen molar-refractivity contribution in [2.24, 2.45) is 11.8 Å². The van der Waals surface area contributed by atoms with Crippen LogP contribution in [0, 0.1) is 24.0 Å². The first-order chi connectivity index (χ1) is 9.38. The average molecular weight is 391 g/mol. The minimum absolute atomic E-state index is 0. The van der Waals surface area contributed by atoms with Crippen LogP contribution in [0.3, 0.4) is 0 Å². The van der Waals surface area contributed by atoms with E-state index in [4.69, 9.17) is 0 Å². The molecule has 0 spiro atoms. The van der Waals surface area contributed by atoms with Gasteiger partial charge in [-0.15, -0.1) is 0 Å². The number of allylic oxidation sites excluding steroid dienone is 8. The molecule has 0 nitrogen and oxygen atoms in total. The first kappa shape index (κ1) is 27.3. The molecule has 0 N–H and O–H groups in total. The maximum absolute atomic E-state index is 3.31. The Labute approximate surface area is 162 Å². The van der Waals surface area contributed by atoms with Crippen LogP contribution in [-0.2, 0) is 19.2 Å². The van der Waals surface area contributed by atoms with Crippen LogP contribution in [0.2, 0.25) is 13.1 Å². The zero-order valence-corrected chi connectivity index (χ0v) is 18.7. The normalized spacial score (nSPS) is 20.4. The summed E-state index contributed by atoms with van der Waals surface area (Å²) in [5.41, 5.74) is 2.58. The molecule has 124 valence electrons. The van der Waals surface area contributed by atoms with Crippen molar-refractivity contribution in [3.05, 3.63) is 47.6 Å². The van der Waals surface area contributed by atoms with E-state index in [9.17, 15) is 0 Å². The molecule has 0 saturated heterocycles. The van der Waals surface area contributed by atoms with Crippen LogP contribution < -0.4 is 24.8 Å². The molecule has 0 saturated carbocycles. The van der Waals surface area contributed by atoms with Gasteiger partial charge in [0, 0.05) is 0 Å². The SMILES string of the molecule is CCC1[C-]=C(C)C=C1.CCC1[C-]=C(C)C=C1.C[Si](C)=[Ti+2].[Cl-].[Cl-]. The molecule has 2 rings (SSSR count). The average Bonchev–Trinajstić information content (AvgIpc) is 2.97. The zero-order chi connectivity index (χ0) is 15.5. The van der Waals surface area contributed by atoms with Crippen LogP contribution in [0.25, 0.3) is 0 Å². The molecular weight excluding hydrogens is 363 g/mol. The van der Waals surface area contributed by atoms with Crippen LogP contribution in [0.1, 0.15) is 40.5 Å². The van der Waals surface area contributed by atoms with Crippen molar-refractivity contribution in [3.8, 4) is 0 Å². The monoisotopic (exact) mass is 390 g/mol. The second-order valence-corrected chi connectivity index (χ2v) is 12.1. The van der Waals surface area contributed by atoms with Crippen LogP contribution >= 0.6 is 0 Å². The number of hydrogen-bond donors (Lipinski definition) is 0. The summed E-state index contributed by atoms with van der Waals surface area (Å²) in [5.74, 6) is 1.21. The number of halogens is 2. The predicted octanol–water partition coefficient (Wildman–Crippen LogP) is -0.544. The van der Waals surface area contributed by atoms with Crippen LogP contribution in [0.5, 0.6) is 0 Å². The van der Waals surface area contributed by atoms with Gasteiger partial charge in [-0.1, -0.05) is 52.4 Å². The molecule has 2 aliphatic rings. The quantitative estimate of drug-likeness (QED) is 0.438. The van der Waals surface area contributed by atoms with E-state index in [1.54, 1.807) is 0 Å². The molecule has 4 heteroatoms. The zero-order valence-electron chi connectivity index (χ0n) is 14.6. The van der Waals surface area contributed by atoms with Crippen LogP contribution in [0.4, 0.5) is 0 Å². The van der Waals surface area contributed by atoms with E-state index < -0.39 is 0 Å². The summed E-state index contributed by atoms with van der Waals surface area (Å²) in [5, 5.41) is 0. The fourth-order valence-corrected chi connectivity index (χ4v) is 1.77. The Morgan fingerprint density at radius 3 is 1.27 bits per heavy atom. The van der Waals surface area contributed by atoms with Crippen molar-refractivity contribution in [2.45, 2.75) is 53.6 Å². The predicted molar refractivity (Wildman–Crippen MR) is 88.2 cm³/mol. The maximum Gasteiger partial charge on any atom is -1.00 e. The van der Waals surface area contributed by atoms with E-state index in [-0.39, 0.29) is 31.0 Å². The summed E-state index contributed by atoms with van der Waals surface area (Å²) in [6.45, 7) is 13.1. The Kier molecular flexibility index (Phi) is 20.3. The Bertz CT molecular complexity index is 385. The largest absolute Gasteiger partial charge is 1.00 e. The number of rotatable bonds is 2. The van der Waals surface area contributed by atoms with Gasteiger partial charge in [0.25, 0.3) is 0 Å². The second kappa shape index (κ2) is 16.3. The van der Waals surface area contributed by atoms with E-state index in [1.165, 1.54) is 24.0 Å². The molecule has 0 aromatic heterocycles. The van der Waals surface area contributed by atoms with Gasteiger partial charge in [-0.2, -0.15) is 12.2 Å². The van der Waals surface area contributed by atoms with Crippen molar-refractivity contribution in [2.75, 3.05) is 0 Å². The Balaban J connectivity index is -0.000000249. The molecule has 0 radical (unpaired) electrons. The van der Waals surface area contributed by atoms with Gasteiger partial charge < -0.3 is 24.8 Å². The summed E-state index contributed by atoms with van der Waals surface area (Å²) in [6, 6.07) is 0. The summed E-state index contributed by atoms with van der Waals surface area (Å²) < 4.78 is 0. The van der Waals surface area contributed by atoms with Gasteiger partial charge in [0.2, 0.25) is 0 Å². The summed E-state index contributed by atoms with van der Waals surface area (Å²) >= 11 is 2.27. The molecule has 2 unspecified atom stereocenters. The minimum atomic E-state index is 0. The van der Waals surface area contributed by atoms with Gasteiger partial charge in [0.1, 0.15) is 0 Å². The van der Waals surface area contributed by atoms with E-state index in [1.807, 2.05) is 0 Å². The topological polar surface area (TPSA) is 0 Å². The first-order valence-electron chi connectivity index (χ1n) is 7.47. The van der Waals surface area contributed by atoms with Crippen molar-refractivity contribution >= 4 is 6.19 Å². The molecule has 0 aromatic rings. The molecule has 2 aliphatic carbocycles. The third-order valence-corrected chi connectivity index (χ3v) is 2.86. The van der Waals surface area contributed by atoms with Gasteiger partial charge >= 0.3 is 38.5 Å².